The molecule has 150 valence electrons. The third-order valence-electron chi connectivity index (χ3n) is 3.87. The van der Waals surface area contributed by atoms with Gasteiger partial charge in [0.1, 0.15) is 11.5 Å². The molecule has 0 bridgehead atoms. The number of methoxy groups -OCH3 is 5. The van der Waals surface area contributed by atoms with Crippen LogP contribution in [0.2, 0.25) is 0 Å². The number of rotatable bonds is 7. The Hall–Kier alpha value is -3.62. The summed E-state index contributed by atoms with van der Waals surface area (Å²) in [6.45, 7) is 0. The van der Waals surface area contributed by atoms with Crippen LogP contribution < -0.4 is 34.5 Å². The average Bonchev–Trinajstić information content (AvgIpc) is 2.75. The van der Waals surface area contributed by atoms with Crippen LogP contribution in [-0.2, 0) is 0 Å². The first kappa shape index (κ1) is 20.7. The first-order valence-corrected chi connectivity index (χ1v) is 8.11. The monoisotopic (exact) mass is 390 g/mol. The van der Waals surface area contributed by atoms with Gasteiger partial charge in [-0.15, -0.1) is 0 Å². The summed E-state index contributed by atoms with van der Waals surface area (Å²) in [5.41, 5.74) is 5.08. The van der Waals surface area contributed by atoms with Crippen LogP contribution in [0.15, 0.2) is 30.3 Å². The molecule has 0 aliphatic heterocycles. The van der Waals surface area contributed by atoms with E-state index in [0.717, 1.165) is 0 Å². The van der Waals surface area contributed by atoms with Crippen LogP contribution in [-0.4, -0.2) is 47.4 Å². The molecule has 0 unspecified atom stereocenters. The van der Waals surface area contributed by atoms with Crippen LogP contribution in [0.3, 0.4) is 0 Å². The van der Waals surface area contributed by atoms with E-state index in [2.05, 4.69) is 10.9 Å². The van der Waals surface area contributed by atoms with Crippen molar-refractivity contribution in [1.29, 1.82) is 0 Å². The van der Waals surface area contributed by atoms with Crippen molar-refractivity contribution in [3.8, 4) is 28.7 Å². The average molecular weight is 390 g/mol. The van der Waals surface area contributed by atoms with Crippen molar-refractivity contribution in [3.05, 3.63) is 41.5 Å². The molecule has 2 N–H and O–H groups in total. The molecule has 0 aliphatic carbocycles. The lowest BCUT2D eigenvalue weighted by Gasteiger charge is -2.15. The maximum Gasteiger partial charge on any atom is 0.273 e. The third-order valence-corrected chi connectivity index (χ3v) is 3.87. The molecule has 0 fully saturated rings. The Bertz CT molecular complexity index is 842. The van der Waals surface area contributed by atoms with Crippen LogP contribution in [0, 0.1) is 0 Å². The van der Waals surface area contributed by atoms with Gasteiger partial charge < -0.3 is 23.7 Å². The first-order valence-electron chi connectivity index (χ1n) is 8.11. The van der Waals surface area contributed by atoms with Crippen LogP contribution in [0.1, 0.15) is 20.7 Å². The van der Waals surface area contributed by atoms with E-state index in [-0.39, 0.29) is 11.1 Å². The summed E-state index contributed by atoms with van der Waals surface area (Å²) in [7, 11) is 7.26. The Morgan fingerprint density at radius 1 is 0.679 bits per heavy atom. The van der Waals surface area contributed by atoms with E-state index >= 15 is 0 Å². The maximum absolute atomic E-state index is 12.5. The number of hydrogen-bond donors (Lipinski definition) is 2. The number of carbonyl (C=O) groups excluding carboxylic acids is 2. The van der Waals surface area contributed by atoms with E-state index in [1.807, 2.05) is 0 Å². The first-order chi connectivity index (χ1) is 13.5. The van der Waals surface area contributed by atoms with Crippen LogP contribution in [0.25, 0.3) is 0 Å². The molecule has 28 heavy (non-hydrogen) atoms. The topological polar surface area (TPSA) is 104 Å². The number of hydrazine groups is 1. The Balaban J connectivity index is 2.19. The van der Waals surface area contributed by atoms with Gasteiger partial charge in [-0.25, -0.2) is 0 Å². The normalized spacial score (nSPS) is 9.89. The molecule has 2 rings (SSSR count). The lowest BCUT2D eigenvalue weighted by Crippen LogP contribution is -2.41. The third kappa shape index (κ3) is 4.37. The van der Waals surface area contributed by atoms with Crippen molar-refractivity contribution in [1.82, 2.24) is 10.9 Å². The molecule has 9 nitrogen and oxygen atoms in total. The molecule has 0 heterocycles. The lowest BCUT2D eigenvalue weighted by atomic mass is 10.1. The van der Waals surface area contributed by atoms with E-state index in [0.29, 0.717) is 28.7 Å². The minimum atomic E-state index is -0.575. The van der Waals surface area contributed by atoms with Gasteiger partial charge in [0.15, 0.2) is 11.5 Å². The zero-order valence-corrected chi connectivity index (χ0v) is 16.2. The zero-order valence-electron chi connectivity index (χ0n) is 16.2. The molecular formula is C19H22N2O7. The summed E-state index contributed by atoms with van der Waals surface area (Å²) >= 11 is 0. The fourth-order valence-electron chi connectivity index (χ4n) is 2.46. The van der Waals surface area contributed by atoms with Crippen LogP contribution in [0.4, 0.5) is 0 Å². The van der Waals surface area contributed by atoms with Crippen molar-refractivity contribution >= 4 is 11.8 Å². The van der Waals surface area contributed by atoms with Crippen molar-refractivity contribution in [2.75, 3.05) is 35.5 Å². The molecule has 0 aromatic heterocycles. The van der Waals surface area contributed by atoms with Crippen LogP contribution in [0.5, 0.6) is 28.7 Å². The molecule has 2 aromatic carbocycles. The summed E-state index contributed by atoms with van der Waals surface area (Å²) in [6.07, 6.45) is 0. The summed E-state index contributed by atoms with van der Waals surface area (Å²) in [6, 6.07) is 7.68. The Labute approximate surface area is 162 Å². The fourth-order valence-corrected chi connectivity index (χ4v) is 2.46. The Morgan fingerprint density at radius 2 is 1.25 bits per heavy atom. The standard InChI is InChI=1S/C19H22N2O7/c1-24-12-6-7-14(25-2)13(10-12)19(23)21-20-18(22)11-8-15(26-3)17(28-5)16(9-11)27-4/h6-10H,1-5H3,(H,20,22)(H,21,23). The highest BCUT2D eigenvalue weighted by Crippen LogP contribution is 2.38. The second-order valence-electron chi connectivity index (χ2n) is 5.39. The van der Waals surface area contributed by atoms with Gasteiger partial charge >= 0.3 is 0 Å². The summed E-state index contributed by atoms with van der Waals surface area (Å²) in [5, 5.41) is 0. The van der Waals surface area contributed by atoms with Crippen molar-refractivity contribution in [2.45, 2.75) is 0 Å². The number of amides is 2. The highest BCUT2D eigenvalue weighted by Gasteiger charge is 2.19. The number of ether oxygens (including phenoxy) is 5. The predicted molar refractivity (Wildman–Crippen MR) is 101 cm³/mol. The van der Waals surface area contributed by atoms with Crippen molar-refractivity contribution < 1.29 is 33.3 Å². The van der Waals surface area contributed by atoms with Gasteiger partial charge in [0, 0.05) is 5.56 Å². The maximum atomic E-state index is 12.5. The summed E-state index contributed by atoms with van der Waals surface area (Å²) < 4.78 is 25.9. The van der Waals surface area contributed by atoms with Gasteiger partial charge in [0.2, 0.25) is 5.75 Å². The lowest BCUT2D eigenvalue weighted by molar-refractivity contribution is 0.0844. The van der Waals surface area contributed by atoms with Gasteiger partial charge in [0.25, 0.3) is 11.8 Å². The SMILES string of the molecule is COc1ccc(OC)c(C(=O)NNC(=O)c2cc(OC)c(OC)c(OC)c2)c1. The number of carbonyl (C=O) groups is 2. The molecule has 0 saturated heterocycles. The second kappa shape index (κ2) is 9.36. The smallest absolute Gasteiger partial charge is 0.273 e. The zero-order chi connectivity index (χ0) is 20.7. The molecule has 2 amide bonds. The van der Waals surface area contributed by atoms with E-state index in [1.54, 1.807) is 12.1 Å². The van der Waals surface area contributed by atoms with E-state index in [4.69, 9.17) is 23.7 Å². The van der Waals surface area contributed by atoms with Crippen LogP contribution >= 0.6 is 0 Å². The number of hydrogen-bond acceptors (Lipinski definition) is 7. The quantitative estimate of drug-likeness (QED) is 0.695. The predicted octanol–water partition coefficient (Wildman–Crippen LogP) is 1.80. The second-order valence-corrected chi connectivity index (χ2v) is 5.39. The molecule has 0 atom stereocenters. The van der Waals surface area contributed by atoms with Gasteiger partial charge in [0.05, 0.1) is 41.1 Å². The number of benzene rings is 2. The minimum absolute atomic E-state index is 0.201. The van der Waals surface area contributed by atoms with E-state index < -0.39 is 11.8 Å². The highest BCUT2D eigenvalue weighted by molar-refractivity contribution is 6.01. The summed E-state index contributed by atoms with van der Waals surface area (Å²) in [4.78, 5) is 24.9. The van der Waals surface area contributed by atoms with Gasteiger partial charge in [-0.1, -0.05) is 0 Å². The summed E-state index contributed by atoms with van der Waals surface area (Å²) in [5.74, 6) is 0.639. The van der Waals surface area contributed by atoms with Crippen molar-refractivity contribution in [2.24, 2.45) is 0 Å². The highest BCUT2D eigenvalue weighted by atomic mass is 16.5. The molecule has 0 saturated carbocycles. The largest absolute Gasteiger partial charge is 0.497 e. The van der Waals surface area contributed by atoms with Gasteiger partial charge in [-0.05, 0) is 30.3 Å². The van der Waals surface area contributed by atoms with Gasteiger partial charge in [-0.3, -0.25) is 20.4 Å². The Kier molecular flexibility index (Phi) is 6.91. The fraction of sp³-hybridized carbons (Fsp3) is 0.263. The molecule has 0 aliphatic rings. The van der Waals surface area contributed by atoms with E-state index in [9.17, 15) is 9.59 Å². The van der Waals surface area contributed by atoms with Crippen molar-refractivity contribution in [3.63, 3.8) is 0 Å². The minimum Gasteiger partial charge on any atom is -0.497 e. The van der Waals surface area contributed by atoms with Gasteiger partial charge in [-0.2, -0.15) is 0 Å². The molecular weight excluding hydrogens is 368 g/mol. The molecule has 2 aromatic rings. The molecule has 0 radical (unpaired) electrons. The van der Waals surface area contributed by atoms with E-state index in [1.165, 1.54) is 53.7 Å². The Morgan fingerprint density at radius 3 is 1.75 bits per heavy atom. The molecule has 0 spiro atoms. The molecule has 9 heteroatoms. The number of nitrogens with one attached hydrogen (secondary N) is 2.